The Balaban J connectivity index is 1.96. The molecular formula is C13H23NO. The molecule has 0 aromatic heterocycles. The Kier molecular flexibility index (Phi) is 3.47. The second-order valence-electron chi connectivity index (χ2n) is 4.97. The van der Waals surface area contributed by atoms with Crippen LogP contribution in [0.3, 0.4) is 0 Å². The zero-order valence-corrected chi connectivity index (χ0v) is 9.84. The van der Waals surface area contributed by atoms with Crippen molar-refractivity contribution in [3.05, 3.63) is 11.6 Å². The Morgan fingerprint density at radius 2 is 2.27 bits per heavy atom. The third-order valence-electron chi connectivity index (χ3n) is 3.94. The molecule has 0 aromatic rings. The van der Waals surface area contributed by atoms with Crippen molar-refractivity contribution in [1.29, 1.82) is 0 Å². The summed E-state index contributed by atoms with van der Waals surface area (Å²) < 4.78 is 0. The van der Waals surface area contributed by atoms with Crippen LogP contribution in [0.4, 0.5) is 0 Å². The molecule has 2 aliphatic rings. The molecule has 2 rings (SSSR count). The van der Waals surface area contributed by atoms with E-state index in [0.717, 1.165) is 32.4 Å². The lowest BCUT2D eigenvalue weighted by Gasteiger charge is -2.34. The Bertz CT molecular complexity index is 249. The second kappa shape index (κ2) is 4.67. The molecule has 1 unspecified atom stereocenters. The van der Waals surface area contributed by atoms with E-state index in [1.807, 2.05) is 0 Å². The molecule has 0 radical (unpaired) electrons. The van der Waals surface area contributed by atoms with E-state index in [1.165, 1.54) is 25.7 Å². The number of aliphatic hydroxyl groups is 1. The maximum Gasteiger partial charge on any atom is 0.118 e. The van der Waals surface area contributed by atoms with Gasteiger partial charge in [-0.2, -0.15) is 0 Å². The topological polar surface area (TPSA) is 23.5 Å². The van der Waals surface area contributed by atoms with E-state index in [0.29, 0.717) is 0 Å². The van der Waals surface area contributed by atoms with Gasteiger partial charge in [0, 0.05) is 13.1 Å². The van der Waals surface area contributed by atoms with Crippen molar-refractivity contribution >= 4 is 0 Å². The number of hydrogen-bond acceptors (Lipinski definition) is 2. The van der Waals surface area contributed by atoms with Gasteiger partial charge in [-0.25, -0.2) is 0 Å². The molecule has 1 aliphatic carbocycles. The van der Waals surface area contributed by atoms with Crippen LogP contribution < -0.4 is 0 Å². The third kappa shape index (κ3) is 2.43. The van der Waals surface area contributed by atoms with Crippen LogP contribution >= 0.6 is 0 Å². The molecule has 0 aromatic carbocycles. The van der Waals surface area contributed by atoms with Crippen LogP contribution in [0.1, 0.15) is 51.9 Å². The molecule has 1 aliphatic heterocycles. The van der Waals surface area contributed by atoms with Gasteiger partial charge in [0.15, 0.2) is 0 Å². The van der Waals surface area contributed by atoms with E-state index >= 15 is 0 Å². The lowest BCUT2D eigenvalue weighted by molar-refractivity contribution is -0.0789. The van der Waals surface area contributed by atoms with Crippen LogP contribution in [0.5, 0.6) is 0 Å². The van der Waals surface area contributed by atoms with Crippen LogP contribution in [0.25, 0.3) is 0 Å². The Morgan fingerprint density at radius 3 is 2.93 bits per heavy atom. The molecular weight excluding hydrogens is 186 g/mol. The van der Waals surface area contributed by atoms with Gasteiger partial charge < -0.3 is 5.11 Å². The summed E-state index contributed by atoms with van der Waals surface area (Å²) in [5, 5.41) is 10.4. The van der Waals surface area contributed by atoms with Gasteiger partial charge in [-0.1, -0.05) is 18.6 Å². The van der Waals surface area contributed by atoms with Gasteiger partial charge in [0.2, 0.25) is 0 Å². The molecule has 86 valence electrons. The van der Waals surface area contributed by atoms with Crippen LogP contribution in [-0.4, -0.2) is 28.8 Å². The minimum absolute atomic E-state index is 0.502. The monoisotopic (exact) mass is 209 g/mol. The molecule has 0 amide bonds. The van der Waals surface area contributed by atoms with Crippen molar-refractivity contribution in [2.75, 3.05) is 13.1 Å². The fraction of sp³-hybridized carbons (Fsp3) is 0.846. The average Bonchev–Trinajstić information content (AvgIpc) is 2.63. The molecule has 1 heterocycles. The van der Waals surface area contributed by atoms with E-state index in [-0.39, 0.29) is 0 Å². The van der Waals surface area contributed by atoms with Gasteiger partial charge in [-0.05, 0) is 44.9 Å². The maximum absolute atomic E-state index is 10.4. The molecule has 0 bridgehead atoms. The number of likely N-dealkylation sites (tertiary alicyclic amines) is 1. The smallest absolute Gasteiger partial charge is 0.118 e. The summed E-state index contributed by atoms with van der Waals surface area (Å²) >= 11 is 0. The summed E-state index contributed by atoms with van der Waals surface area (Å²) in [6.07, 6.45) is 10.5. The van der Waals surface area contributed by atoms with Gasteiger partial charge in [-0.15, -0.1) is 0 Å². The van der Waals surface area contributed by atoms with Gasteiger partial charge in [0.25, 0.3) is 0 Å². The summed E-state index contributed by atoms with van der Waals surface area (Å²) in [6.45, 7) is 4.17. The summed E-state index contributed by atoms with van der Waals surface area (Å²) in [7, 11) is 0. The first kappa shape index (κ1) is 11.2. The Labute approximate surface area is 93.0 Å². The highest BCUT2D eigenvalue weighted by Crippen LogP contribution is 2.31. The number of hydrogen-bond donors (Lipinski definition) is 1. The van der Waals surface area contributed by atoms with E-state index in [9.17, 15) is 5.11 Å². The fourth-order valence-electron chi connectivity index (χ4n) is 2.84. The standard InChI is InChI=1S/C13H23NO/c1-2-13(15)9-6-10-14(13)11-12-7-4-3-5-8-12/h7,15H,2-6,8-11H2,1H3. The molecule has 2 nitrogen and oxygen atoms in total. The number of rotatable bonds is 3. The second-order valence-corrected chi connectivity index (χ2v) is 4.97. The van der Waals surface area contributed by atoms with Gasteiger partial charge in [0.05, 0.1) is 0 Å². The Morgan fingerprint density at radius 1 is 1.40 bits per heavy atom. The summed E-state index contributed by atoms with van der Waals surface area (Å²) in [4.78, 5) is 2.28. The minimum Gasteiger partial charge on any atom is -0.376 e. The van der Waals surface area contributed by atoms with E-state index in [1.54, 1.807) is 5.57 Å². The van der Waals surface area contributed by atoms with E-state index in [4.69, 9.17) is 0 Å². The number of allylic oxidation sites excluding steroid dienone is 1. The lowest BCUT2D eigenvalue weighted by atomic mass is 9.98. The molecule has 1 fully saturated rings. The first-order valence-corrected chi connectivity index (χ1v) is 6.40. The van der Waals surface area contributed by atoms with Crippen molar-refractivity contribution in [3.8, 4) is 0 Å². The minimum atomic E-state index is -0.502. The molecule has 1 saturated heterocycles. The van der Waals surface area contributed by atoms with Crippen molar-refractivity contribution in [2.24, 2.45) is 0 Å². The van der Waals surface area contributed by atoms with Gasteiger partial charge in [0.1, 0.15) is 5.72 Å². The van der Waals surface area contributed by atoms with Crippen molar-refractivity contribution < 1.29 is 5.11 Å². The molecule has 0 saturated carbocycles. The first-order chi connectivity index (χ1) is 7.24. The SMILES string of the molecule is CCC1(O)CCCN1CC1=CCCCC1. The van der Waals surface area contributed by atoms with Crippen molar-refractivity contribution in [2.45, 2.75) is 57.6 Å². The molecule has 2 heteroatoms. The van der Waals surface area contributed by atoms with Gasteiger partial charge in [-0.3, -0.25) is 4.90 Å². The zero-order chi connectivity index (χ0) is 10.7. The predicted octanol–water partition coefficient (Wildman–Crippen LogP) is 2.68. The first-order valence-electron chi connectivity index (χ1n) is 6.40. The van der Waals surface area contributed by atoms with Crippen LogP contribution in [0.2, 0.25) is 0 Å². The number of nitrogens with zero attached hydrogens (tertiary/aromatic N) is 1. The summed E-state index contributed by atoms with van der Waals surface area (Å²) in [5.41, 5.74) is 1.05. The fourth-order valence-corrected chi connectivity index (χ4v) is 2.84. The van der Waals surface area contributed by atoms with Crippen molar-refractivity contribution in [1.82, 2.24) is 4.90 Å². The lowest BCUT2D eigenvalue weighted by Crippen LogP contribution is -2.44. The molecule has 15 heavy (non-hydrogen) atoms. The van der Waals surface area contributed by atoms with Crippen LogP contribution in [0.15, 0.2) is 11.6 Å². The highest BCUT2D eigenvalue weighted by Gasteiger charge is 2.37. The molecule has 0 spiro atoms. The van der Waals surface area contributed by atoms with Crippen molar-refractivity contribution in [3.63, 3.8) is 0 Å². The predicted molar refractivity (Wildman–Crippen MR) is 62.6 cm³/mol. The van der Waals surface area contributed by atoms with Crippen LogP contribution in [-0.2, 0) is 0 Å². The molecule has 1 atom stereocenters. The van der Waals surface area contributed by atoms with Crippen LogP contribution in [0, 0.1) is 0 Å². The van der Waals surface area contributed by atoms with E-state index < -0.39 is 5.72 Å². The van der Waals surface area contributed by atoms with Gasteiger partial charge >= 0.3 is 0 Å². The van der Waals surface area contributed by atoms with E-state index in [2.05, 4.69) is 17.9 Å². The summed E-state index contributed by atoms with van der Waals surface area (Å²) in [6, 6.07) is 0. The quantitative estimate of drug-likeness (QED) is 0.722. The third-order valence-corrected chi connectivity index (χ3v) is 3.94. The summed E-state index contributed by atoms with van der Waals surface area (Å²) in [5.74, 6) is 0. The average molecular weight is 209 g/mol. The largest absolute Gasteiger partial charge is 0.376 e. The maximum atomic E-state index is 10.4. The molecule has 1 N–H and O–H groups in total. The Hall–Kier alpha value is -0.340. The zero-order valence-electron chi connectivity index (χ0n) is 9.84. The normalized spacial score (nSPS) is 33.1. The highest BCUT2D eigenvalue weighted by molar-refractivity contribution is 5.08. The highest BCUT2D eigenvalue weighted by atomic mass is 16.3.